The van der Waals surface area contributed by atoms with Crippen LogP contribution in [0.15, 0.2) is 42.7 Å². The fourth-order valence-corrected chi connectivity index (χ4v) is 2.36. The molecule has 2 aromatic rings. The Morgan fingerprint density at radius 3 is 2.75 bits per heavy atom. The molecule has 6 heteroatoms. The molecule has 0 saturated carbocycles. The number of carbonyl (C=O) groups excluding carboxylic acids is 2. The van der Waals surface area contributed by atoms with Gasteiger partial charge in [0, 0.05) is 12.2 Å². The molecule has 0 fully saturated rings. The molecule has 0 aliphatic heterocycles. The normalized spacial score (nSPS) is 11.8. The number of aromatic nitrogens is 2. The zero-order valence-corrected chi connectivity index (χ0v) is 14.1. The van der Waals surface area contributed by atoms with Crippen LogP contribution in [0.5, 0.6) is 0 Å². The van der Waals surface area contributed by atoms with E-state index in [0.29, 0.717) is 12.1 Å². The number of nitrogens with one attached hydrogen (secondary N) is 1. The molecule has 1 unspecified atom stereocenters. The average molecular weight is 329 g/mol. The Labute approximate surface area is 141 Å². The second kappa shape index (κ2) is 8.86. The van der Waals surface area contributed by atoms with Crippen molar-refractivity contribution in [3.05, 3.63) is 53.9 Å². The van der Waals surface area contributed by atoms with E-state index in [1.807, 2.05) is 37.3 Å². The zero-order chi connectivity index (χ0) is 17.4. The Hall–Kier alpha value is -2.63. The lowest BCUT2D eigenvalue weighted by Gasteiger charge is -2.12. The monoisotopic (exact) mass is 329 g/mol. The van der Waals surface area contributed by atoms with Crippen LogP contribution in [0.1, 0.15) is 42.6 Å². The molecule has 6 nitrogen and oxygen atoms in total. The van der Waals surface area contributed by atoms with Gasteiger partial charge >= 0.3 is 5.97 Å². The maximum Gasteiger partial charge on any atom is 0.341 e. The van der Waals surface area contributed by atoms with Gasteiger partial charge in [0.2, 0.25) is 0 Å². The molecule has 128 valence electrons. The van der Waals surface area contributed by atoms with Crippen LogP contribution in [0.25, 0.3) is 0 Å². The summed E-state index contributed by atoms with van der Waals surface area (Å²) in [5, 5.41) is 6.94. The second-order valence-electron chi connectivity index (χ2n) is 5.75. The first-order valence-corrected chi connectivity index (χ1v) is 8.11. The molecule has 1 aromatic carbocycles. The molecule has 0 aliphatic carbocycles. The minimum absolute atomic E-state index is 0.0785. The Morgan fingerprint density at radius 1 is 1.29 bits per heavy atom. The summed E-state index contributed by atoms with van der Waals surface area (Å²) in [7, 11) is 0. The molecule has 0 aliphatic rings. The number of hydrogen-bond donors (Lipinski definition) is 1. The zero-order valence-electron chi connectivity index (χ0n) is 14.1. The molecule has 0 spiro atoms. The molecule has 2 rings (SSSR count). The van der Waals surface area contributed by atoms with Crippen molar-refractivity contribution < 1.29 is 14.3 Å². The van der Waals surface area contributed by atoms with Gasteiger partial charge in [0.05, 0.1) is 18.3 Å². The fraction of sp³-hybridized carbons (Fsp3) is 0.389. The van der Waals surface area contributed by atoms with Crippen LogP contribution < -0.4 is 5.32 Å². The molecule has 24 heavy (non-hydrogen) atoms. The minimum atomic E-state index is -0.549. The smallest absolute Gasteiger partial charge is 0.341 e. The molecule has 0 bridgehead atoms. The predicted octanol–water partition coefficient (Wildman–Crippen LogP) is 2.39. The van der Waals surface area contributed by atoms with E-state index in [-0.39, 0.29) is 18.6 Å². The highest BCUT2D eigenvalue weighted by Gasteiger charge is 2.13. The highest BCUT2D eigenvalue weighted by atomic mass is 16.5. The molecule has 1 aromatic heterocycles. The van der Waals surface area contributed by atoms with Crippen LogP contribution in [-0.2, 0) is 16.1 Å². The van der Waals surface area contributed by atoms with Crippen molar-refractivity contribution in [2.75, 3.05) is 6.61 Å². The summed E-state index contributed by atoms with van der Waals surface area (Å²) in [4.78, 5) is 23.7. The van der Waals surface area contributed by atoms with Gasteiger partial charge in [-0.1, -0.05) is 43.7 Å². The summed E-state index contributed by atoms with van der Waals surface area (Å²) in [6, 6.07) is 9.90. The van der Waals surface area contributed by atoms with Crippen LogP contribution in [-0.4, -0.2) is 34.3 Å². The quantitative estimate of drug-likeness (QED) is 0.755. The standard InChI is InChI=1S/C18H23N3O3/c1-3-7-14(2)20-17(22)13-24-18(23)16-10-19-21(12-16)11-15-8-5-4-6-9-15/h4-6,8-10,12,14H,3,7,11,13H2,1-2H3,(H,20,22). The van der Waals surface area contributed by atoms with Crippen molar-refractivity contribution in [2.45, 2.75) is 39.3 Å². The van der Waals surface area contributed by atoms with Crippen LogP contribution in [0.4, 0.5) is 0 Å². The first-order chi connectivity index (χ1) is 11.6. The van der Waals surface area contributed by atoms with Gasteiger partial charge in [0.25, 0.3) is 5.91 Å². The van der Waals surface area contributed by atoms with Gasteiger partial charge in [-0.2, -0.15) is 5.10 Å². The Bertz CT molecular complexity index is 667. The number of carbonyl (C=O) groups is 2. The van der Waals surface area contributed by atoms with E-state index in [9.17, 15) is 9.59 Å². The topological polar surface area (TPSA) is 73.2 Å². The number of esters is 1. The summed E-state index contributed by atoms with van der Waals surface area (Å²) in [6.07, 6.45) is 4.95. The summed E-state index contributed by atoms with van der Waals surface area (Å²) in [5.74, 6) is -0.839. The van der Waals surface area contributed by atoms with Gasteiger partial charge in [0.15, 0.2) is 6.61 Å². The van der Waals surface area contributed by atoms with Crippen LogP contribution in [0.2, 0.25) is 0 Å². The minimum Gasteiger partial charge on any atom is -0.452 e. The van der Waals surface area contributed by atoms with Crippen molar-refractivity contribution >= 4 is 11.9 Å². The average Bonchev–Trinajstić information content (AvgIpc) is 3.02. The van der Waals surface area contributed by atoms with E-state index < -0.39 is 5.97 Å². The van der Waals surface area contributed by atoms with E-state index in [1.54, 1.807) is 10.9 Å². The van der Waals surface area contributed by atoms with Gasteiger partial charge in [-0.15, -0.1) is 0 Å². The molecule has 1 atom stereocenters. The third kappa shape index (κ3) is 5.53. The number of hydrogen-bond acceptors (Lipinski definition) is 4. The summed E-state index contributed by atoms with van der Waals surface area (Å²) < 4.78 is 6.69. The van der Waals surface area contributed by atoms with Crippen LogP contribution in [0.3, 0.4) is 0 Å². The molecule has 1 amide bonds. The van der Waals surface area contributed by atoms with Crippen molar-refractivity contribution in [3.8, 4) is 0 Å². The molecular formula is C18H23N3O3. The molecular weight excluding hydrogens is 306 g/mol. The lowest BCUT2D eigenvalue weighted by atomic mass is 10.2. The molecule has 1 heterocycles. The largest absolute Gasteiger partial charge is 0.452 e. The van der Waals surface area contributed by atoms with Crippen LogP contribution >= 0.6 is 0 Å². The summed E-state index contributed by atoms with van der Waals surface area (Å²) in [6.45, 7) is 4.27. The highest BCUT2D eigenvalue weighted by Crippen LogP contribution is 2.05. The van der Waals surface area contributed by atoms with Crippen molar-refractivity contribution in [1.29, 1.82) is 0 Å². The van der Waals surface area contributed by atoms with Crippen LogP contribution in [0, 0.1) is 0 Å². The number of rotatable bonds is 8. The van der Waals surface area contributed by atoms with E-state index in [4.69, 9.17) is 4.74 Å². The second-order valence-corrected chi connectivity index (χ2v) is 5.75. The SMILES string of the molecule is CCCC(C)NC(=O)COC(=O)c1cnn(Cc2ccccc2)c1. The first kappa shape index (κ1) is 17.7. The molecule has 0 saturated heterocycles. The highest BCUT2D eigenvalue weighted by molar-refractivity contribution is 5.90. The Balaban J connectivity index is 1.82. The number of ether oxygens (including phenoxy) is 1. The van der Waals surface area contributed by atoms with Crippen molar-refractivity contribution in [2.24, 2.45) is 0 Å². The third-order valence-corrected chi connectivity index (χ3v) is 3.52. The Kier molecular flexibility index (Phi) is 6.54. The van der Waals surface area contributed by atoms with Gasteiger partial charge < -0.3 is 10.1 Å². The van der Waals surface area contributed by atoms with E-state index in [2.05, 4.69) is 17.3 Å². The third-order valence-electron chi connectivity index (χ3n) is 3.52. The summed E-state index contributed by atoms with van der Waals surface area (Å²) >= 11 is 0. The van der Waals surface area contributed by atoms with E-state index >= 15 is 0 Å². The lowest BCUT2D eigenvalue weighted by molar-refractivity contribution is -0.124. The predicted molar refractivity (Wildman–Crippen MR) is 90.6 cm³/mol. The summed E-state index contributed by atoms with van der Waals surface area (Å²) in [5.41, 5.74) is 1.42. The van der Waals surface area contributed by atoms with Gasteiger partial charge in [-0.3, -0.25) is 9.48 Å². The van der Waals surface area contributed by atoms with E-state index in [0.717, 1.165) is 18.4 Å². The number of amides is 1. The van der Waals surface area contributed by atoms with Gasteiger partial charge in [-0.05, 0) is 18.9 Å². The maximum atomic E-state index is 12.0. The molecule has 0 radical (unpaired) electrons. The van der Waals surface area contributed by atoms with Gasteiger partial charge in [0.1, 0.15) is 0 Å². The van der Waals surface area contributed by atoms with Crippen molar-refractivity contribution in [3.63, 3.8) is 0 Å². The lowest BCUT2D eigenvalue weighted by Crippen LogP contribution is -2.35. The maximum absolute atomic E-state index is 12.0. The number of benzene rings is 1. The number of nitrogens with zero attached hydrogens (tertiary/aromatic N) is 2. The fourth-order valence-electron chi connectivity index (χ4n) is 2.36. The van der Waals surface area contributed by atoms with E-state index in [1.165, 1.54) is 6.20 Å². The first-order valence-electron chi connectivity index (χ1n) is 8.11. The van der Waals surface area contributed by atoms with Crippen molar-refractivity contribution in [1.82, 2.24) is 15.1 Å². The molecule has 1 N–H and O–H groups in total. The Morgan fingerprint density at radius 2 is 2.04 bits per heavy atom. The van der Waals surface area contributed by atoms with Gasteiger partial charge in [-0.25, -0.2) is 4.79 Å².